The number of carboxylic acids is 1. The van der Waals surface area contributed by atoms with Crippen molar-refractivity contribution >= 4 is 18.0 Å². The van der Waals surface area contributed by atoms with Gasteiger partial charge >= 0.3 is 12.1 Å². The molecule has 7 nitrogen and oxygen atoms in total. The van der Waals surface area contributed by atoms with Gasteiger partial charge in [-0.25, -0.2) is 4.79 Å². The summed E-state index contributed by atoms with van der Waals surface area (Å²) in [7, 11) is 0. The number of rotatable bonds is 5. The van der Waals surface area contributed by atoms with Gasteiger partial charge in [-0.05, 0) is 46.5 Å². The highest BCUT2D eigenvalue weighted by Crippen LogP contribution is 2.27. The van der Waals surface area contributed by atoms with Gasteiger partial charge in [-0.15, -0.1) is 0 Å². The summed E-state index contributed by atoms with van der Waals surface area (Å²) in [5, 5.41) is 14.0. The molecule has 7 heteroatoms. The fourth-order valence-corrected chi connectivity index (χ4v) is 2.66. The minimum absolute atomic E-state index is 0.00253. The van der Waals surface area contributed by atoms with Crippen LogP contribution < -0.4 is 10.6 Å². The third-order valence-corrected chi connectivity index (χ3v) is 3.81. The summed E-state index contributed by atoms with van der Waals surface area (Å²) in [6.45, 7) is 6.63. The molecule has 0 radical (unpaired) electrons. The maximum Gasteiger partial charge on any atom is 0.408 e. The predicted molar refractivity (Wildman–Crippen MR) is 85.0 cm³/mol. The van der Waals surface area contributed by atoms with Crippen molar-refractivity contribution in [3.05, 3.63) is 0 Å². The summed E-state index contributed by atoms with van der Waals surface area (Å²) in [6, 6.07) is -1.78. The van der Waals surface area contributed by atoms with Crippen LogP contribution in [-0.4, -0.2) is 40.8 Å². The topological polar surface area (TPSA) is 105 Å². The van der Waals surface area contributed by atoms with Crippen LogP contribution in [0.25, 0.3) is 0 Å². The first kappa shape index (κ1) is 19.3. The third-order valence-electron chi connectivity index (χ3n) is 3.81. The molecule has 0 aliphatic heterocycles. The Kier molecular flexibility index (Phi) is 6.84. The molecular formula is C16H28N2O5. The van der Waals surface area contributed by atoms with Crippen LogP contribution in [0, 0.1) is 5.92 Å². The minimum atomic E-state index is -1.11. The molecular weight excluding hydrogens is 300 g/mol. The van der Waals surface area contributed by atoms with E-state index in [1.807, 2.05) is 0 Å². The van der Waals surface area contributed by atoms with Gasteiger partial charge < -0.3 is 20.5 Å². The molecule has 0 bridgehead atoms. The van der Waals surface area contributed by atoms with E-state index in [-0.39, 0.29) is 5.92 Å². The number of hydrogen-bond acceptors (Lipinski definition) is 4. The maximum absolute atomic E-state index is 12.4. The van der Waals surface area contributed by atoms with Gasteiger partial charge in [0.1, 0.15) is 17.7 Å². The highest BCUT2D eigenvalue weighted by Gasteiger charge is 2.33. The summed E-state index contributed by atoms with van der Waals surface area (Å²) in [4.78, 5) is 35.3. The number of carbonyl (C=O) groups excluding carboxylic acids is 2. The smallest absolute Gasteiger partial charge is 0.408 e. The Morgan fingerprint density at radius 1 is 1.09 bits per heavy atom. The van der Waals surface area contributed by atoms with E-state index in [9.17, 15) is 14.4 Å². The Hall–Kier alpha value is -1.79. The quantitative estimate of drug-likeness (QED) is 0.716. The van der Waals surface area contributed by atoms with Crippen LogP contribution in [0.2, 0.25) is 0 Å². The molecule has 0 spiro atoms. The number of aliphatic carboxylic acids is 1. The van der Waals surface area contributed by atoms with E-state index in [0.29, 0.717) is 0 Å². The lowest BCUT2D eigenvalue weighted by Gasteiger charge is -2.31. The van der Waals surface area contributed by atoms with E-state index < -0.39 is 35.7 Å². The minimum Gasteiger partial charge on any atom is -0.480 e. The van der Waals surface area contributed by atoms with Crippen molar-refractivity contribution in [2.24, 2.45) is 5.92 Å². The van der Waals surface area contributed by atoms with E-state index >= 15 is 0 Å². The first-order valence-electron chi connectivity index (χ1n) is 8.13. The molecule has 1 aliphatic rings. The molecule has 132 valence electrons. The van der Waals surface area contributed by atoms with Gasteiger partial charge in [0.15, 0.2) is 0 Å². The predicted octanol–water partition coefficient (Wildman–Crippen LogP) is 2.05. The zero-order chi connectivity index (χ0) is 17.6. The first-order chi connectivity index (χ1) is 10.6. The number of amides is 2. The molecule has 1 aliphatic carbocycles. The van der Waals surface area contributed by atoms with Crippen LogP contribution >= 0.6 is 0 Å². The average Bonchev–Trinajstić information content (AvgIpc) is 2.43. The van der Waals surface area contributed by atoms with Crippen LogP contribution in [0.1, 0.15) is 59.8 Å². The lowest BCUT2D eigenvalue weighted by Crippen LogP contribution is -2.54. The molecule has 0 heterocycles. The van der Waals surface area contributed by atoms with Crippen LogP contribution in [0.15, 0.2) is 0 Å². The van der Waals surface area contributed by atoms with Crippen molar-refractivity contribution in [3.8, 4) is 0 Å². The average molecular weight is 328 g/mol. The lowest BCUT2D eigenvalue weighted by molar-refractivity contribution is -0.141. The largest absolute Gasteiger partial charge is 0.480 e. The van der Waals surface area contributed by atoms with Crippen LogP contribution in [0.4, 0.5) is 4.79 Å². The van der Waals surface area contributed by atoms with Crippen LogP contribution in [-0.2, 0) is 14.3 Å². The molecule has 1 saturated carbocycles. The third kappa shape index (κ3) is 6.88. The molecule has 0 aromatic carbocycles. The van der Waals surface area contributed by atoms with Gasteiger partial charge in [0.25, 0.3) is 0 Å². The molecule has 3 N–H and O–H groups in total. The standard InChI is InChI=1S/C16H28N2O5/c1-10(14(20)21)17-13(19)12(11-8-6-5-7-9-11)18-15(22)23-16(2,3)4/h10-12H,5-9H2,1-4H3,(H,17,19)(H,18,22)(H,20,21). The summed E-state index contributed by atoms with van der Waals surface area (Å²) in [5.74, 6) is -1.59. The van der Waals surface area contributed by atoms with Gasteiger partial charge in [-0.2, -0.15) is 0 Å². The second-order valence-electron chi connectivity index (χ2n) is 7.09. The Morgan fingerprint density at radius 3 is 2.13 bits per heavy atom. The molecule has 1 fully saturated rings. The molecule has 2 atom stereocenters. The highest BCUT2D eigenvalue weighted by molar-refractivity contribution is 5.89. The van der Waals surface area contributed by atoms with E-state index in [2.05, 4.69) is 10.6 Å². The van der Waals surface area contributed by atoms with Gasteiger partial charge in [-0.3, -0.25) is 9.59 Å². The fourth-order valence-electron chi connectivity index (χ4n) is 2.66. The summed E-state index contributed by atoms with van der Waals surface area (Å²) < 4.78 is 5.22. The van der Waals surface area contributed by atoms with Gasteiger partial charge in [0.05, 0.1) is 0 Å². The Morgan fingerprint density at radius 2 is 1.65 bits per heavy atom. The summed E-state index contributed by atoms with van der Waals surface area (Å²) >= 11 is 0. The number of alkyl carbamates (subject to hydrolysis) is 1. The van der Waals surface area contributed by atoms with Crippen molar-refractivity contribution in [1.29, 1.82) is 0 Å². The number of carboxylic acid groups (broad SMARTS) is 1. The second kappa shape index (κ2) is 8.17. The molecule has 0 aromatic heterocycles. The maximum atomic E-state index is 12.4. The highest BCUT2D eigenvalue weighted by atomic mass is 16.6. The Bertz CT molecular complexity index is 438. The Labute approximate surface area is 137 Å². The lowest BCUT2D eigenvalue weighted by atomic mass is 9.83. The van der Waals surface area contributed by atoms with Gasteiger partial charge in [0.2, 0.25) is 5.91 Å². The van der Waals surface area contributed by atoms with Crippen molar-refractivity contribution in [2.75, 3.05) is 0 Å². The fraction of sp³-hybridized carbons (Fsp3) is 0.812. The number of carbonyl (C=O) groups is 3. The van der Waals surface area contributed by atoms with Crippen molar-refractivity contribution < 1.29 is 24.2 Å². The zero-order valence-corrected chi connectivity index (χ0v) is 14.3. The second-order valence-corrected chi connectivity index (χ2v) is 7.09. The number of nitrogens with one attached hydrogen (secondary N) is 2. The molecule has 1 rings (SSSR count). The van der Waals surface area contributed by atoms with E-state index in [0.717, 1.165) is 32.1 Å². The summed E-state index contributed by atoms with van der Waals surface area (Å²) in [5.41, 5.74) is -0.661. The Balaban J connectivity index is 2.77. The molecule has 0 saturated heterocycles. The molecule has 2 amide bonds. The zero-order valence-electron chi connectivity index (χ0n) is 14.3. The van der Waals surface area contributed by atoms with Crippen molar-refractivity contribution in [3.63, 3.8) is 0 Å². The first-order valence-corrected chi connectivity index (χ1v) is 8.13. The van der Waals surface area contributed by atoms with Crippen LogP contribution in [0.3, 0.4) is 0 Å². The van der Waals surface area contributed by atoms with Crippen molar-refractivity contribution in [2.45, 2.75) is 77.5 Å². The van der Waals surface area contributed by atoms with E-state index in [1.54, 1.807) is 20.8 Å². The monoisotopic (exact) mass is 328 g/mol. The number of hydrogen-bond donors (Lipinski definition) is 3. The van der Waals surface area contributed by atoms with Gasteiger partial charge in [-0.1, -0.05) is 19.3 Å². The normalized spacial score (nSPS) is 18.6. The SMILES string of the molecule is CC(NC(=O)C(NC(=O)OC(C)(C)C)C1CCCCC1)C(=O)O. The van der Waals surface area contributed by atoms with Crippen LogP contribution in [0.5, 0.6) is 0 Å². The molecule has 2 unspecified atom stereocenters. The van der Waals surface area contributed by atoms with Gasteiger partial charge in [0, 0.05) is 0 Å². The van der Waals surface area contributed by atoms with Crippen molar-refractivity contribution in [1.82, 2.24) is 10.6 Å². The molecule has 0 aromatic rings. The number of ether oxygens (including phenoxy) is 1. The molecule has 23 heavy (non-hydrogen) atoms. The summed E-state index contributed by atoms with van der Waals surface area (Å²) in [6.07, 6.45) is 4.11. The van der Waals surface area contributed by atoms with E-state index in [1.165, 1.54) is 6.92 Å². The van der Waals surface area contributed by atoms with E-state index in [4.69, 9.17) is 9.84 Å².